The first-order valence-corrected chi connectivity index (χ1v) is 8.89. The number of amides is 1. The standard InChI is InChI=1S/C20H24F3NO2/c1-3-10-26-11-6-4-5-9-24-13-15(12-14(2)20(24)25)18-16(21)7-8-17(22)19(18)23/h1,7-8,14-15H,4-6,9-13H2,2H3. The molecule has 1 aliphatic heterocycles. The number of likely N-dealkylation sites (tertiary alicyclic amines) is 1. The van der Waals surface area contributed by atoms with Crippen molar-refractivity contribution in [3.63, 3.8) is 0 Å². The summed E-state index contributed by atoms with van der Waals surface area (Å²) in [6.45, 7) is 3.30. The lowest BCUT2D eigenvalue weighted by Gasteiger charge is -2.36. The maximum absolute atomic E-state index is 14.1. The second-order valence-corrected chi connectivity index (χ2v) is 6.69. The van der Waals surface area contributed by atoms with Crippen molar-refractivity contribution in [1.82, 2.24) is 4.90 Å². The van der Waals surface area contributed by atoms with Gasteiger partial charge in [0.1, 0.15) is 12.4 Å². The SMILES string of the molecule is C#CCOCCCCCN1CC(c2c(F)ccc(F)c2F)CC(C)C1=O. The van der Waals surface area contributed by atoms with Crippen LogP contribution in [0.2, 0.25) is 0 Å². The van der Waals surface area contributed by atoms with Gasteiger partial charge in [-0.05, 0) is 37.8 Å². The van der Waals surface area contributed by atoms with Crippen molar-refractivity contribution >= 4 is 5.91 Å². The van der Waals surface area contributed by atoms with Crippen molar-refractivity contribution < 1.29 is 22.7 Å². The van der Waals surface area contributed by atoms with Gasteiger partial charge < -0.3 is 9.64 Å². The molecule has 0 spiro atoms. The van der Waals surface area contributed by atoms with E-state index >= 15 is 0 Å². The smallest absolute Gasteiger partial charge is 0.225 e. The minimum Gasteiger partial charge on any atom is -0.369 e. The molecule has 1 amide bonds. The Bertz CT molecular complexity index is 672. The van der Waals surface area contributed by atoms with Crippen LogP contribution in [0.4, 0.5) is 13.2 Å². The van der Waals surface area contributed by atoms with Crippen LogP contribution < -0.4 is 0 Å². The normalized spacial score (nSPS) is 20.3. The Balaban J connectivity index is 1.96. The molecule has 3 nitrogen and oxygen atoms in total. The first kappa shape index (κ1) is 20.3. The van der Waals surface area contributed by atoms with Crippen molar-refractivity contribution in [3.8, 4) is 12.3 Å². The van der Waals surface area contributed by atoms with E-state index in [1.807, 2.05) is 0 Å². The Morgan fingerprint density at radius 3 is 2.69 bits per heavy atom. The van der Waals surface area contributed by atoms with Crippen LogP contribution in [0.3, 0.4) is 0 Å². The maximum atomic E-state index is 14.1. The molecule has 1 saturated heterocycles. The number of hydrogen-bond acceptors (Lipinski definition) is 2. The summed E-state index contributed by atoms with van der Waals surface area (Å²) >= 11 is 0. The lowest BCUT2D eigenvalue weighted by molar-refractivity contribution is -0.138. The van der Waals surface area contributed by atoms with E-state index < -0.39 is 23.4 Å². The molecule has 1 aromatic carbocycles. The molecular formula is C20H24F3NO2. The zero-order valence-electron chi connectivity index (χ0n) is 14.9. The Labute approximate surface area is 152 Å². The number of carbonyl (C=O) groups is 1. The van der Waals surface area contributed by atoms with Gasteiger partial charge in [0.15, 0.2) is 11.6 Å². The van der Waals surface area contributed by atoms with E-state index in [0.717, 1.165) is 31.4 Å². The highest BCUT2D eigenvalue weighted by Crippen LogP contribution is 2.34. The number of carbonyl (C=O) groups excluding carboxylic acids is 1. The van der Waals surface area contributed by atoms with Gasteiger partial charge in [-0.25, -0.2) is 13.2 Å². The van der Waals surface area contributed by atoms with Gasteiger partial charge in [-0.3, -0.25) is 4.79 Å². The molecule has 2 rings (SSSR count). The van der Waals surface area contributed by atoms with Crippen molar-refractivity contribution in [2.75, 3.05) is 26.3 Å². The summed E-state index contributed by atoms with van der Waals surface area (Å²) in [4.78, 5) is 14.0. The minimum absolute atomic E-state index is 0.0259. The topological polar surface area (TPSA) is 29.5 Å². The zero-order valence-corrected chi connectivity index (χ0v) is 14.9. The van der Waals surface area contributed by atoms with Crippen LogP contribution in [0.25, 0.3) is 0 Å². The number of benzene rings is 1. The molecule has 1 heterocycles. The second-order valence-electron chi connectivity index (χ2n) is 6.69. The molecule has 0 aliphatic carbocycles. The van der Waals surface area contributed by atoms with Gasteiger partial charge in [-0.15, -0.1) is 6.42 Å². The first-order chi connectivity index (χ1) is 12.5. The number of rotatable bonds is 8. The number of terminal acetylenes is 1. The van der Waals surface area contributed by atoms with Crippen LogP contribution in [-0.2, 0) is 9.53 Å². The van der Waals surface area contributed by atoms with Crippen LogP contribution in [0, 0.1) is 35.7 Å². The van der Waals surface area contributed by atoms with Gasteiger partial charge in [0.05, 0.1) is 0 Å². The van der Waals surface area contributed by atoms with Crippen LogP contribution >= 0.6 is 0 Å². The summed E-state index contributed by atoms with van der Waals surface area (Å²) in [5.74, 6) is -1.51. The fourth-order valence-electron chi connectivity index (χ4n) is 3.41. The molecule has 0 saturated carbocycles. The predicted molar refractivity (Wildman–Crippen MR) is 92.9 cm³/mol. The Hall–Kier alpha value is -2.00. The van der Waals surface area contributed by atoms with Gasteiger partial charge in [0.25, 0.3) is 0 Å². The third kappa shape index (κ3) is 5.01. The molecule has 1 aromatic rings. The number of nitrogens with zero attached hydrogens (tertiary/aromatic N) is 1. The van der Waals surface area contributed by atoms with Crippen molar-refractivity contribution in [1.29, 1.82) is 0 Å². The number of ether oxygens (including phenoxy) is 1. The number of piperidine rings is 1. The monoisotopic (exact) mass is 367 g/mol. The largest absolute Gasteiger partial charge is 0.369 e. The quantitative estimate of drug-likeness (QED) is 0.397. The van der Waals surface area contributed by atoms with Crippen molar-refractivity contribution in [3.05, 3.63) is 35.1 Å². The Morgan fingerprint density at radius 2 is 1.96 bits per heavy atom. The van der Waals surface area contributed by atoms with E-state index in [-0.39, 0.29) is 30.5 Å². The average molecular weight is 367 g/mol. The van der Waals surface area contributed by atoms with Crippen LogP contribution in [0.5, 0.6) is 0 Å². The molecule has 0 radical (unpaired) electrons. The zero-order chi connectivity index (χ0) is 19.1. The molecule has 0 bridgehead atoms. The maximum Gasteiger partial charge on any atom is 0.225 e. The highest BCUT2D eigenvalue weighted by Gasteiger charge is 2.35. The van der Waals surface area contributed by atoms with Crippen molar-refractivity contribution in [2.24, 2.45) is 5.92 Å². The van der Waals surface area contributed by atoms with Crippen LogP contribution in [0.15, 0.2) is 12.1 Å². The minimum atomic E-state index is -1.15. The van der Waals surface area contributed by atoms with E-state index in [1.165, 1.54) is 0 Å². The molecule has 0 aromatic heterocycles. The summed E-state index contributed by atoms with van der Waals surface area (Å²) in [6.07, 6.45) is 7.85. The third-order valence-electron chi connectivity index (χ3n) is 4.70. The lowest BCUT2D eigenvalue weighted by atomic mass is 9.84. The summed E-state index contributed by atoms with van der Waals surface area (Å²) in [6, 6.07) is 1.72. The average Bonchev–Trinajstić information content (AvgIpc) is 2.61. The van der Waals surface area contributed by atoms with E-state index in [2.05, 4.69) is 5.92 Å². The van der Waals surface area contributed by atoms with E-state index in [9.17, 15) is 18.0 Å². The summed E-state index contributed by atoms with van der Waals surface area (Å²) in [5.41, 5.74) is -0.253. The molecular weight excluding hydrogens is 343 g/mol. The molecule has 142 valence electrons. The third-order valence-corrected chi connectivity index (χ3v) is 4.70. The molecule has 1 aliphatic rings. The highest BCUT2D eigenvalue weighted by atomic mass is 19.2. The fourth-order valence-corrected chi connectivity index (χ4v) is 3.41. The second kappa shape index (κ2) is 9.63. The fraction of sp³-hybridized carbons (Fsp3) is 0.550. The molecule has 26 heavy (non-hydrogen) atoms. The number of hydrogen-bond donors (Lipinski definition) is 0. The van der Waals surface area contributed by atoms with Gasteiger partial charge in [-0.2, -0.15) is 0 Å². The summed E-state index contributed by atoms with van der Waals surface area (Å²) < 4.78 is 46.9. The Kier molecular flexibility index (Phi) is 7.52. The van der Waals surface area contributed by atoms with Gasteiger partial charge in [0.2, 0.25) is 5.91 Å². The Morgan fingerprint density at radius 1 is 1.23 bits per heavy atom. The first-order valence-electron chi connectivity index (χ1n) is 8.89. The predicted octanol–water partition coefficient (Wildman–Crippen LogP) is 3.88. The summed E-state index contributed by atoms with van der Waals surface area (Å²) in [5, 5.41) is 0. The molecule has 6 heteroatoms. The summed E-state index contributed by atoms with van der Waals surface area (Å²) in [7, 11) is 0. The van der Waals surface area contributed by atoms with Crippen LogP contribution in [0.1, 0.15) is 44.1 Å². The van der Waals surface area contributed by atoms with Gasteiger partial charge in [-0.1, -0.05) is 12.8 Å². The molecule has 2 atom stereocenters. The molecule has 1 fully saturated rings. The molecule has 2 unspecified atom stereocenters. The van der Waals surface area contributed by atoms with Gasteiger partial charge in [0, 0.05) is 37.1 Å². The van der Waals surface area contributed by atoms with Crippen molar-refractivity contribution in [2.45, 2.75) is 38.5 Å². The van der Waals surface area contributed by atoms with E-state index in [4.69, 9.17) is 11.2 Å². The highest BCUT2D eigenvalue weighted by molar-refractivity contribution is 5.79. The lowest BCUT2D eigenvalue weighted by Crippen LogP contribution is -2.44. The number of unbranched alkanes of at least 4 members (excludes halogenated alkanes) is 2. The number of halogens is 3. The van der Waals surface area contributed by atoms with E-state index in [0.29, 0.717) is 19.6 Å². The van der Waals surface area contributed by atoms with Crippen LogP contribution in [-0.4, -0.2) is 37.1 Å². The van der Waals surface area contributed by atoms with E-state index in [1.54, 1.807) is 11.8 Å². The van der Waals surface area contributed by atoms with Gasteiger partial charge >= 0.3 is 0 Å². The molecule has 0 N–H and O–H groups in total.